The number of hydrogen-bond acceptors (Lipinski definition) is 10. The number of hydrogen-bond donors (Lipinski definition) is 8. The van der Waals surface area contributed by atoms with Crippen molar-refractivity contribution in [2.75, 3.05) is 5.32 Å². The van der Waals surface area contributed by atoms with E-state index in [1.807, 2.05) is 0 Å². The summed E-state index contributed by atoms with van der Waals surface area (Å²) >= 11 is 0. The summed E-state index contributed by atoms with van der Waals surface area (Å²) in [5, 5.41) is 39.5. The standard InChI is InChI=1S/C31H38F3N5O12/c1-13(2)9-20(35-15(4)41)29(49)37-19(7-8-23(42)43)27(47)39-26(14(3)40)30(50)38-21(12-24(44)45)28(48)36-16-5-6-17-18(31(32,33)34)11-25(46)51-22(17)10-16/h5-6,10-11,13-14,19-21,26,40H,7-9,12H2,1-4H3,(H,35,41)(H,36,48)(H,37,49)(H,38,50)(H,39,47)(H,42,43)(H,44,45)/t14-,19+,20+,21+,26-/m0/s1. The van der Waals surface area contributed by atoms with Crippen molar-refractivity contribution < 1.29 is 66.5 Å². The lowest BCUT2D eigenvalue weighted by Gasteiger charge is -2.27. The smallest absolute Gasteiger partial charge is 0.417 e. The van der Waals surface area contributed by atoms with Crippen LogP contribution in [0.5, 0.6) is 0 Å². The van der Waals surface area contributed by atoms with Crippen molar-refractivity contribution in [1.29, 1.82) is 0 Å². The van der Waals surface area contributed by atoms with Crippen LogP contribution in [-0.2, 0) is 39.7 Å². The number of alkyl halides is 3. The molecule has 0 aliphatic rings. The number of carboxylic acids is 2. The second-order valence-corrected chi connectivity index (χ2v) is 11.9. The Kier molecular flexibility index (Phi) is 14.6. The number of carboxylic acid groups (broad SMARTS) is 2. The fraction of sp³-hybridized carbons (Fsp3) is 0.484. The second-order valence-electron chi connectivity index (χ2n) is 11.9. The van der Waals surface area contributed by atoms with E-state index in [1.54, 1.807) is 13.8 Å². The number of aliphatic hydroxyl groups excluding tert-OH is 1. The highest BCUT2D eigenvalue weighted by molar-refractivity contribution is 6.01. The molecule has 0 saturated carbocycles. The minimum atomic E-state index is -4.92. The largest absolute Gasteiger partial charge is 0.481 e. The van der Waals surface area contributed by atoms with Crippen LogP contribution in [-0.4, -0.2) is 87.1 Å². The molecule has 0 aliphatic carbocycles. The molecule has 5 atom stereocenters. The number of fused-ring (bicyclic) bond motifs is 1. The maximum absolute atomic E-state index is 13.4. The number of aliphatic hydroxyl groups is 1. The number of anilines is 1. The van der Waals surface area contributed by atoms with Crippen LogP contribution in [0.1, 0.15) is 58.9 Å². The molecule has 0 spiro atoms. The van der Waals surface area contributed by atoms with Gasteiger partial charge in [-0.1, -0.05) is 13.8 Å². The second kappa shape index (κ2) is 17.9. The van der Waals surface area contributed by atoms with E-state index in [0.717, 1.165) is 32.0 Å². The minimum absolute atomic E-state index is 0.0951. The zero-order valence-electron chi connectivity index (χ0n) is 27.8. The van der Waals surface area contributed by atoms with Crippen LogP contribution in [0.15, 0.2) is 33.5 Å². The average Bonchev–Trinajstić information content (AvgIpc) is 2.98. The maximum Gasteiger partial charge on any atom is 0.417 e. The Hall–Kier alpha value is -5.53. The lowest BCUT2D eigenvalue weighted by Crippen LogP contribution is -2.60. The summed E-state index contributed by atoms with van der Waals surface area (Å²) in [6.07, 6.45) is -8.66. The number of nitrogens with one attached hydrogen (secondary N) is 5. The van der Waals surface area contributed by atoms with Gasteiger partial charge in [0.1, 0.15) is 29.8 Å². The van der Waals surface area contributed by atoms with Gasteiger partial charge in [0, 0.05) is 36.6 Å². The van der Waals surface area contributed by atoms with E-state index >= 15 is 0 Å². The molecule has 2 aromatic rings. The van der Waals surface area contributed by atoms with Gasteiger partial charge >= 0.3 is 23.7 Å². The van der Waals surface area contributed by atoms with Crippen LogP contribution in [0.2, 0.25) is 0 Å². The van der Waals surface area contributed by atoms with Crippen LogP contribution in [0, 0.1) is 5.92 Å². The first-order valence-electron chi connectivity index (χ1n) is 15.3. The number of aliphatic carboxylic acids is 2. The molecule has 0 bridgehead atoms. The summed E-state index contributed by atoms with van der Waals surface area (Å²) in [6.45, 7) is 5.73. The highest BCUT2D eigenvalue weighted by atomic mass is 19.4. The van der Waals surface area contributed by atoms with Crippen molar-refractivity contribution in [3.63, 3.8) is 0 Å². The predicted molar refractivity (Wildman–Crippen MR) is 170 cm³/mol. The molecule has 1 aromatic carbocycles. The third kappa shape index (κ3) is 13.0. The molecule has 0 fully saturated rings. The number of rotatable bonds is 17. The molecular weight excluding hydrogens is 691 g/mol. The van der Waals surface area contributed by atoms with Crippen molar-refractivity contribution in [1.82, 2.24) is 21.3 Å². The van der Waals surface area contributed by atoms with Crippen molar-refractivity contribution in [2.45, 2.75) is 89.8 Å². The highest BCUT2D eigenvalue weighted by Crippen LogP contribution is 2.34. The summed E-state index contributed by atoms with van der Waals surface area (Å²) in [4.78, 5) is 98.7. The van der Waals surface area contributed by atoms with E-state index in [4.69, 9.17) is 9.52 Å². The van der Waals surface area contributed by atoms with Gasteiger partial charge in [0.15, 0.2) is 0 Å². The first-order valence-corrected chi connectivity index (χ1v) is 15.3. The normalized spacial score (nSPS) is 14.4. The molecular formula is C31H38F3N5O12. The van der Waals surface area contributed by atoms with Gasteiger partial charge in [-0.05, 0) is 37.8 Å². The van der Waals surface area contributed by atoms with Crippen LogP contribution in [0.4, 0.5) is 18.9 Å². The fourth-order valence-electron chi connectivity index (χ4n) is 4.77. The number of carbonyl (C=O) groups excluding carboxylic acids is 5. The SMILES string of the molecule is CC(=O)N[C@H](CC(C)C)C(=O)N[C@H](CCC(=O)O)C(=O)N[C@H](C(=O)N[C@H](CC(=O)O)C(=O)Nc1ccc2c(C(F)(F)F)cc(=O)oc2c1)[C@H](C)O. The summed E-state index contributed by atoms with van der Waals surface area (Å²) < 4.78 is 45.0. The molecule has 0 radical (unpaired) electrons. The van der Waals surface area contributed by atoms with Crippen molar-refractivity contribution in [3.05, 3.63) is 40.2 Å². The topological polar surface area (TPSA) is 271 Å². The summed E-state index contributed by atoms with van der Waals surface area (Å²) in [5.74, 6) is -8.09. The van der Waals surface area contributed by atoms with Crippen molar-refractivity contribution in [3.8, 4) is 0 Å². The van der Waals surface area contributed by atoms with E-state index in [-0.39, 0.29) is 24.1 Å². The average molecular weight is 730 g/mol. The third-order valence-electron chi connectivity index (χ3n) is 7.07. The van der Waals surface area contributed by atoms with Gasteiger partial charge in [-0.2, -0.15) is 13.2 Å². The van der Waals surface area contributed by atoms with Gasteiger partial charge in [0.25, 0.3) is 0 Å². The lowest BCUT2D eigenvalue weighted by molar-refractivity contribution is -0.141. The Balaban J connectivity index is 2.31. The Morgan fingerprint density at radius 3 is 1.94 bits per heavy atom. The molecule has 5 amide bonds. The number of halogens is 3. The van der Waals surface area contributed by atoms with Crippen LogP contribution >= 0.6 is 0 Å². The molecule has 280 valence electrons. The molecule has 1 aromatic heterocycles. The van der Waals surface area contributed by atoms with E-state index in [1.165, 1.54) is 0 Å². The highest BCUT2D eigenvalue weighted by Gasteiger charge is 2.36. The molecule has 17 nitrogen and oxygen atoms in total. The zero-order valence-corrected chi connectivity index (χ0v) is 27.8. The van der Waals surface area contributed by atoms with Crippen LogP contribution < -0.4 is 32.2 Å². The van der Waals surface area contributed by atoms with Crippen LogP contribution in [0.25, 0.3) is 11.0 Å². The monoisotopic (exact) mass is 729 g/mol. The van der Waals surface area contributed by atoms with Crippen molar-refractivity contribution >= 4 is 58.1 Å². The van der Waals surface area contributed by atoms with Gasteiger partial charge in [-0.15, -0.1) is 0 Å². The zero-order chi connectivity index (χ0) is 38.8. The van der Waals surface area contributed by atoms with E-state index in [0.29, 0.717) is 0 Å². The van der Waals surface area contributed by atoms with E-state index in [9.17, 15) is 61.7 Å². The quantitative estimate of drug-likeness (QED) is 0.103. The Labute approximate surface area is 287 Å². The molecule has 51 heavy (non-hydrogen) atoms. The first kappa shape index (κ1) is 41.6. The summed E-state index contributed by atoms with van der Waals surface area (Å²) in [7, 11) is 0. The van der Waals surface area contributed by atoms with E-state index < -0.39 is 119 Å². The molecule has 0 unspecified atom stereocenters. The Morgan fingerprint density at radius 1 is 0.804 bits per heavy atom. The van der Waals surface area contributed by atoms with Gasteiger partial charge < -0.3 is 46.3 Å². The van der Waals surface area contributed by atoms with Crippen LogP contribution in [0.3, 0.4) is 0 Å². The third-order valence-corrected chi connectivity index (χ3v) is 7.07. The number of amides is 5. The fourth-order valence-corrected chi connectivity index (χ4v) is 4.77. The summed E-state index contributed by atoms with van der Waals surface area (Å²) in [6, 6.07) is -3.52. The molecule has 0 aliphatic heterocycles. The lowest BCUT2D eigenvalue weighted by atomic mass is 10.0. The predicted octanol–water partition coefficient (Wildman–Crippen LogP) is 0.476. The molecule has 20 heteroatoms. The van der Waals surface area contributed by atoms with Gasteiger partial charge in [0.05, 0.1) is 18.1 Å². The van der Waals surface area contributed by atoms with Gasteiger partial charge in [0.2, 0.25) is 29.5 Å². The number of benzene rings is 1. The maximum atomic E-state index is 13.4. The molecule has 1 heterocycles. The Bertz CT molecular complexity index is 1710. The molecule has 2 rings (SSSR count). The number of carbonyl (C=O) groups is 7. The van der Waals surface area contributed by atoms with Gasteiger partial charge in [-0.3, -0.25) is 33.6 Å². The van der Waals surface area contributed by atoms with E-state index in [2.05, 4.69) is 26.6 Å². The minimum Gasteiger partial charge on any atom is -0.481 e. The first-order chi connectivity index (χ1) is 23.6. The molecule has 0 saturated heterocycles. The summed E-state index contributed by atoms with van der Waals surface area (Å²) in [5.41, 5.74) is -3.47. The Morgan fingerprint density at radius 2 is 1.41 bits per heavy atom. The molecule has 8 N–H and O–H groups in total. The van der Waals surface area contributed by atoms with Gasteiger partial charge in [-0.25, -0.2) is 4.79 Å². The van der Waals surface area contributed by atoms with Crippen molar-refractivity contribution in [2.24, 2.45) is 5.92 Å².